The van der Waals surface area contributed by atoms with Crippen LogP contribution in [0.2, 0.25) is 0 Å². The number of ether oxygens (including phenoxy) is 2. The summed E-state index contributed by atoms with van der Waals surface area (Å²) in [7, 11) is 3.15. The van der Waals surface area contributed by atoms with Gasteiger partial charge < -0.3 is 40.7 Å². The normalized spacial score (nSPS) is 30.0. The smallest absolute Gasteiger partial charge is 0.200 e. The molecule has 5 atom stereocenters. The number of fused-ring (bicyclic) bond motifs is 5. The predicted molar refractivity (Wildman–Crippen MR) is 161 cm³/mol. The van der Waals surface area contributed by atoms with Crippen molar-refractivity contribution in [2.75, 3.05) is 12.4 Å². The van der Waals surface area contributed by atoms with E-state index in [2.05, 4.69) is 4.99 Å². The molecule has 4 aliphatic rings. The van der Waals surface area contributed by atoms with Gasteiger partial charge in [-0.2, -0.15) is 0 Å². The maximum atomic E-state index is 14.4. The third kappa shape index (κ3) is 5.30. The SMILES string of the molecule is C[C@@]1(O)CCC[C@@H]2c3c(c4c5oc(c(CCO)c(=O)c5c3OC3CCCC3)[C@H](O)C[C@@H](N=C(N)N)CSSC4)O[C@@H]21. The van der Waals surface area contributed by atoms with Crippen molar-refractivity contribution in [2.24, 2.45) is 16.5 Å². The van der Waals surface area contributed by atoms with Gasteiger partial charge in [0.2, 0.25) is 0 Å². The number of hydrogen-bond acceptors (Lipinski definition) is 10. The molecule has 6 rings (SSSR count). The Balaban J connectivity index is 1.62. The van der Waals surface area contributed by atoms with Gasteiger partial charge in [0.1, 0.15) is 40.4 Å². The third-order valence-corrected chi connectivity index (χ3v) is 11.3. The third-order valence-electron chi connectivity index (χ3n) is 8.92. The summed E-state index contributed by atoms with van der Waals surface area (Å²) < 4.78 is 19.9. The zero-order valence-corrected chi connectivity index (χ0v) is 24.9. The lowest BCUT2D eigenvalue weighted by Crippen LogP contribution is -2.47. The van der Waals surface area contributed by atoms with Gasteiger partial charge in [0.25, 0.3) is 0 Å². The van der Waals surface area contributed by atoms with Crippen LogP contribution in [0.25, 0.3) is 11.0 Å². The summed E-state index contributed by atoms with van der Waals surface area (Å²) in [6, 6.07) is -0.405. The van der Waals surface area contributed by atoms with Crippen molar-refractivity contribution >= 4 is 38.5 Å². The molecule has 1 aromatic carbocycles. The van der Waals surface area contributed by atoms with E-state index in [1.54, 1.807) is 21.6 Å². The van der Waals surface area contributed by atoms with E-state index in [4.69, 9.17) is 25.4 Å². The van der Waals surface area contributed by atoms with Crippen molar-refractivity contribution in [1.82, 2.24) is 0 Å². The number of hydrogen-bond donors (Lipinski definition) is 5. The van der Waals surface area contributed by atoms with Crippen LogP contribution in [-0.2, 0) is 12.2 Å². The molecule has 0 amide bonds. The molecule has 1 aromatic heterocycles. The number of aliphatic imine (C=N–C) groups is 1. The maximum Gasteiger partial charge on any atom is 0.200 e. The summed E-state index contributed by atoms with van der Waals surface area (Å²) >= 11 is 0. The van der Waals surface area contributed by atoms with Crippen LogP contribution in [-0.4, -0.2) is 57.5 Å². The first-order valence-electron chi connectivity index (χ1n) is 14.6. The Hall–Kier alpha value is -2.12. The first kappa shape index (κ1) is 29.0. The van der Waals surface area contributed by atoms with E-state index in [1.807, 2.05) is 6.92 Å². The van der Waals surface area contributed by atoms with E-state index >= 15 is 0 Å². The molecule has 12 heteroatoms. The molecule has 0 radical (unpaired) electrons. The van der Waals surface area contributed by atoms with Crippen LogP contribution in [0.1, 0.15) is 92.8 Å². The van der Waals surface area contributed by atoms with Crippen molar-refractivity contribution in [2.45, 2.75) is 106 Å². The summed E-state index contributed by atoms with van der Waals surface area (Å²) in [5.41, 5.74) is 12.1. The Bertz CT molecular complexity index is 1400. The molecule has 0 unspecified atom stereocenters. The van der Waals surface area contributed by atoms with Crippen LogP contribution >= 0.6 is 21.6 Å². The fourth-order valence-electron chi connectivity index (χ4n) is 7.03. The molecule has 10 nitrogen and oxygen atoms in total. The molecule has 224 valence electrons. The highest BCUT2D eigenvalue weighted by atomic mass is 33.1. The van der Waals surface area contributed by atoms with Crippen molar-refractivity contribution in [3.63, 3.8) is 0 Å². The molecular formula is C29H39N3O7S2. The van der Waals surface area contributed by atoms with Crippen molar-refractivity contribution in [1.29, 1.82) is 0 Å². The topological polar surface area (TPSA) is 174 Å². The van der Waals surface area contributed by atoms with Crippen LogP contribution in [0.3, 0.4) is 0 Å². The second-order valence-electron chi connectivity index (χ2n) is 11.9. The van der Waals surface area contributed by atoms with E-state index in [0.29, 0.717) is 40.4 Å². The number of nitrogens with zero attached hydrogens (tertiary/aromatic N) is 1. The summed E-state index contributed by atoms with van der Waals surface area (Å²) in [6.45, 7) is 1.53. The number of guanidine groups is 1. The first-order chi connectivity index (χ1) is 19.7. The molecule has 41 heavy (non-hydrogen) atoms. The molecular weight excluding hydrogens is 566 g/mol. The number of aliphatic hydroxyl groups excluding tert-OH is 2. The highest BCUT2D eigenvalue weighted by Crippen LogP contribution is 2.57. The number of rotatable bonds is 5. The standard InChI is InChI=1S/C29H39N3O7S2/c1-29(36)9-4-7-16-20-24(39-27(16)29)18-13-41-40-12-14(32-28(30)31)11-19(34)23-17(8-10-33)22(35)21(25(18)38-23)26(20)37-15-5-2-3-6-15/h14-16,19,27,33-34,36H,2-13H2,1H3,(H4,30,31,32)/t14-,16-,19-,27+,29-/m1/s1. The van der Waals surface area contributed by atoms with Crippen LogP contribution in [0, 0.1) is 0 Å². The molecule has 7 N–H and O–H groups in total. The van der Waals surface area contributed by atoms with E-state index in [-0.39, 0.29) is 54.2 Å². The van der Waals surface area contributed by atoms with Crippen molar-refractivity contribution in [3.05, 3.63) is 32.7 Å². The molecule has 2 bridgehead atoms. The zero-order chi connectivity index (χ0) is 28.9. The van der Waals surface area contributed by atoms with E-state index in [0.717, 1.165) is 49.7 Å². The van der Waals surface area contributed by atoms with E-state index < -0.39 is 23.9 Å². The quantitative estimate of drug-likeness (QED) is 0.192. The molecule has 2 aliphatic heterocycles. The van der Waals surface area contributed by atoms with Gasteiger partial charge in [0, 0.05) is 53.6 Å². The highest BCUT2D eigenvalue weighted by Gasteiger charge is 2.51. The zero-order valence-electron chi connectivity index (χ0n) is 23.3. The minimum absolute atomic E-state index is 0.0215. The van der Waals surface area contributed by atoms with Crippen molar-refractivity contribution < 1.29 is 29.2 Å². The Morgan fingerprint density at radius 3 is 2.71 bits per heavy atom. The molecule has 3 heterocycles. The minimum atomic E-state index is -1.17. The second kappa shape index (κ2) is 11.5. The van der Waals surface area contributed by atoms with Gasteiger partial charge in [-0.05, 0) is 51.9 Å². The maximum absolute atomic E-state index is 14.4. The monoisotopic (exact) mass is 605 g/mol. The van der Waals surface area contributed by atoms with E-state index in [9.17, 15) is 20.1 Å². The fraction of sp³-hybridized carbons (Fsp3) is 0.655. The number of aliphatic hydroxyl groups is 3. The van der Waals surface area contributed by atoms with Crippen LogP contribution in [0.4, 0.5) is 0 Å². The lowest BCUT2D eigenvalue weighted by molar-refractivity contribution is -0.0727. The summed E-state index contributed by atoms with van der Waals surface area (Å²) in [6.07, 6.45) is 4.69. The number of benzene rings is 1. The number of nitrogens with two attached hydrogens (primary N) is 2. The Labute approximate surface area is 246 Å². The molecule has 2 fully saturated rings. The fourth-order valence-corrected chi connectivity index (χ4v) is 9.32. The van der Waals surface area contributed by atoms with Gasteiger partial charge in [0.05, 0.1) is 17.7 Å². The Morgan fingerprint density at radius 1 is 1.20 bits per heavy atom. The largest absolute Gasteiger partial charge is 0.489 e. The average molecular weight is 606 g/mol. The summed E-state index contributed by atoms with van der Waals surface area (Å²) in [4.78, 5) is 18.7. The minimum Gasteiger partial charge on any atom is -0.489 e. The Morgan fingerprint density at radius 2 is 1.98 bits per heavy atom. The molecule has 2 aromatic rings. The summed E-state index contributed by atoms with van der Waals surface area (Å²) in [5.74, 6) is 2.00. The molecule has 2 aliphatic carbocycles. The van der Waals surface area contributed by atoms with Crippen LogP contribution in [0.5, 0.6) is 11.5 Å². The van der Waals surface area contributed by atoms with Crippen LogP contribution in [0.15, 0.2) is 14.2 Å². The van der Waals surface area contributed by atoms with E-state index in [1.165, 1.54) is 0 Å². The van der Waals surface area contributed by atoms with Crippen LogP contribution < -0.4 is 26.4 Å². The molecule has 2 saturated carbocycles. The van der Waals surface area contributed by atoms with Gasteiger partial charge in [-0.3, -0.25) is 4.79 Å². The molecule has 0 spiro atoms. The van der Waals surface area contributed by atoms with Gasteiger partial charge in [-0.15, -0.1) is 0 Å². The van der Waals surface area contributed by atoms with Gasteiger partial charge in [-0.25, -0.2) is 4.99 Å². The second-order valence-corrected chi connectivity index (χ2v) is 14.4. The van der Waals surface area contributed by atoms with Gasteiger partial charge >= 0.3 is 0 Å². The first-order valence-corrected chi connectivity index (χ1v) is 17.0. The average Bonchev–Trinajstić information content (AvgIpc) is 3.56. The summed E-state index contributed by atoms with van der Waals surface area (Å²) in [5, 5.41) is 33.0. The van der Waals surface area contributed by atoms with Crippen molar-refractivity contribution in [3.8, 4) is 11.5 Å². The Kier molecular flexibility index (Phi) is 8.14. The predicted octanol–water partition coefficient (Wildman–Crippen LogP) is 3.39. The van der Waals surface area contributed by atoms with Gasteiger partial charge in [-0.1, -0.05) is 21.6 Å². The lowest BCUT2D eigenvalue weighted by Gasteiger charge is -2.37. The molecule has 0 saturated heterocycles. The van der Waals surface area contributed by atoms with Gasteiger partial charge in [0.15, 0.2) is 11.4 Å². The lowest BCUT2D eigenvalue weighted by atomic mass is 9.74. The highest BCUT2D eigenvalue weighted by molar-refractivity contribution is 8.76.